The molecule has 0 atom stereocenters. The summed E-state index contributed by atoms with van der Waals surface area (Å²) in [5.41, 5.74) is 0.109. The van der Waals surface area contributed by atoms with Crippen LogP contribution in [0.25, 0.3) is 6.08 Å². The molecule has 7 heteroatoms. The molecule has 0 aliphatic heterocycles. The zero-order valence-electron chi connectivity index (χ0n) is 10.0. The lowest BCUT2D eigenvalue weighted by atomic mass is 10.2. The lowest BCUT2D eigenvalue weighted by molar-refractivity contribution is -0.111. The van der Waals surface area contributed by atoms with E-state index in [4.69, 9.17) is 9.52 Å². The molecule has 2 N–H and O–H groups in total. The fourth-order valence-corrected chi connectivity index (χ4v) is 1.75. The summed E-state index contributed by atoms with van der Waals surface area (Å²) in [4.78, 5) is 26.4. The molecule has 102 valence electrons. The Kier molecular flexibility index (Phi) is 4.31. The Labute approximate surface area is 122 Å². The third-order valence-corrected chi connectivity index (χ3v) is 2.73. The standard InChI is InChI=1S/C13H9BrN2O4/c14-11-3-1-8(20-11)2-4-12(17)16-10-7-15-6-5-9(10)13(18)19/h1-7H,(H,16,17)(H,18,19). The number of furan rings is 1. The molecule has 2 rings (SSSR count). The number of carboxylic acids is 1. The van der Waals surface area contributed by atoms with Crippen molar-refractivity contribution in [2.75, 3.05) is 5.32 Å². The number of carbonyl (C=O) groups excluding carboxylic acids is 1. The van der Waals surface area contributed by atoms with Gasteiger partial charge in [0.15, 0.2) is 4.67 Å². The molecule has 1 amide bonds. The van der Waals surface area contributed by atoms with Gasteiger partial charge in [-0.25, -0.2) is 4.79 Å². The molecule has 0 aliphatic rings. The predicted octanol–water partition coefficient (Wildman–Crippen LogP) is 2.79. The van der Waals surface area contributed by atoms with Gasteiger partial charge in [0.1, 0.15) is 5.76 Å². The average Bonchev–Trinajstić information content (AvgIpc) is 2.83. The highest BCUT2D eigenvalue weighted by atomic mass is 79.9. The van der Waals surface area contributed by atoms with Crippen LogP contribution in [-0.2, 0) is 4.79 Å². The third-order valence-electron chi connectivity index (χ3n) is 2.30. The number of nitrogens with one attached hydrogen (secondary N) is 1. The first-order valence-electron chi connectivity index (χ1n) is 5.48. The lowest BCUT2D eigenvalue weighted by Crippen LogP contribution is -2.12. The number of pyridine rings is 1. The van der Waals surface area contributed by atoms with Crippen LogP contribution in [0, 0.1) is 0 Å². The summed E-state index contributed by atoms with van der Waals surface area (Å²) in [5.74, 6) is -1.12. The second-order valence-electron chi connectivity index (χ2n) is 3.69. The predicted molar refractivity (Wildman–Crippen MR) is 75.3 cm³/mol. The maximum atomic E-state index is 11.7. The van der Waals surface area contributed by atoms with Crippen LogP contribution in [0.15, 0.2) is 45.8 Å². The Hall–Kier alpha value is -2.41. The van der Waals surface area contributed by atoms with Crippen LogP contribution >= 0.6 is 15.9 Å². The van der Waals surface area contributed by atoms with E-state index in [1.807, 2.05) is 0 Å². The smallest absolute Gasteiger partial charge is 0.337 e. The molecule has 0 aromatic carbocycles. The van der Waals surface area contributed by atoms with Crippen molar-refractivity contribution in [1.82, 2.24) is 4.98 Å². The third kappa shape index (κ3) is 3.55. The van der Waals surface area contributed by atoms with Gasteiger partial charge in [0.2, 0.25) is 5.91 Å². The van der Waals surface area contributed by atoms with Crippen molar-refractivity contribution in [2.24, 2.45) is 0 Å². The quantitative estimate of drug-likeness (QED) is 0.837. The maximum Gasteiger partial charge on any atom is 0.337 e. The first kappa shape index (κ1) is 14.0. The first-order chi connectivity index (χ1) is 9.56. The molecule has 2 heterocycles. The maximum absolute atomic E-state index is 11.7. The number of hydrogen-bond acceptors (Lipinski definition) is 4. The fraction of sp³-hybridized carbons (Fsp3) is 0. The number of halogens is 1. The summed E-state index contributed by atoms with van der Waals surface area (Å²) >= 11 is 3.14. The van der Waals surface area contributed by atoms with Crippen molar-refractivity contribution >= 4 is 39.6 Å². The van der Waals surface area contributed by atoms with Crippen LogP contribution in [0.3, 0.4) is 0 Å². The van der Waals surface area contributed by atoms with E-state index in [0.29, 0.717) is 10.4 Å². The topological polar surface area (TPSA) is 92.4 Å². The number of aromatic nitrogens is 1. The molecule has 0 unspecified atom stereocenters. The van der Waals surface area contributed by atoms with E-state index in [1.165, 1.54) is 30.6 Å². The Morgan fingerprint density at radius 3 is 2.80 bits per heavy atom. The second kappa shape index (κ2) is 6.16. The van der Waals surface area contributed by atoms with E-state index in [0.717, 1.165) is 0 Å². The number of aromatic carboxylic acids is 1. The minimum absolute atomic E-state index is 0.0255. The van der Waals surface area contributed by atoms with E-state index < -0.39 is 11.9 Å². The molecule has 6 nitrogen and oxygen atoms in total. The van der Waals surface area contributed by atoms with Crippen molar-refractivity contribution in [2.45, 2.75) is 0 Å². The highest BCUT2D eigenvalue weighted by Crippen LogP contribution is 2.16. The van der Waals surface area contributed by atoms with Gasteiger partial charge in [0.05, 0.1) is 17.4 Å². The minimum Gasteiger partial charge on any atom is -0.478 e. The zero-order valence-corrected chi connectivity index (χ0v) is 11.6. The molecule has 0 radical (unpaired) electrons. The van der Waals surface area contributed by atoms with Gasteiger partial charge >= 0.3 is 5.97 Å². The van der Waals surface area contributed by atoms with E-state index in [9.17, 15) is 9.59 Å². The van der Waals surface area contributed by atoms with Crippen molar-refractivity contribution < 1.29 is 19.1 Å². The Morgan fingerprint density at radius 1 is 1.35 bits per heavy atom. The molecule has 0 bridgehead atoms. The normalized spacial score (nSPS) is 10.7. The van der Waals surface area contributed by atoms with Crippen LogP contribution < -0.4 is 5.32 Å². The van der Waals surface area contributed by atoms with E-state index in [-0.39, 0.29) is 11.3 Å². The largest absolute Gasteiger partial charge is 0.478 e. The summed E-state index contributed by atoms with van der Waals surface area (Å²) in [7, 11) is 0. The SMILES string of the molecule is O=C(C=Cc1ccc(Br)o1)Nc1cnccc1C(=O)O. The summed E-state index contributed by atoms with van der Waals surface area (Å²) in [6.07, 6.45) is 5.33. The molecule has 0 aliphatic carbocycles. The molecule has 20 heavy (non-hydrogen) atoms. The van der Waals surface area contributed by atoms with Gasteiger partial charge < -0.3 is 14.8 Å². The number of rotatable bonds is 4. The van der Waals surface area contributed by atoms with Gasteiger partial charge in [0, 0.05) is 12.3 Å². The van der Waals surface area contributed by atoms with Gasteiger partial charge in [-0.1, -0.05) is 0 Å². The molecule has 0 fully saturated rings. The minimum atomic E-state index is -1.14. The van der Waals surface area contributed by atoms with E-state index >= 15 is 0 Å². The zero-order chi connectivity index (χ0) is 14.5. The molecule has 0 saturated carbocycles. The molecule has 0 saturated heterocycles. The molecule has 0 spiro atoms. The van der Waals surface area contributed by atoms with Crippen molar-refractivity contribution in [3.05, 3.63) is 52.7 Å². The van der Waals surface area contributed by atoms with Gasteiger partial charge in [0.25, 0.3) is 0 Å². The first-order valence-corrected chi connectivity index (χ1v) is 6.27. The average molecular weight is 337 g/mol. The molecular formula is C13H9BrN2O4. The molecular weight excluding hydrogens is 328 g/mol. The van der Waals surface area contributed by atoms with Gasteiger partial charge in [-0.15, -0.1) is 0 Å². The van der Waals surface area contributed by atoms with Gasteiger partial charge in [-0.3, -0.25) is 9.78 Å². The van der Waals surface area contributed by atoms with Gasteiger partial charge in [-0.2, -0.15) is 0 Å². The highest BCUT2D eigenvalue weighted by molar-refractivity contribution is 9.10. The van der Waals surface area contributed by atoms with Crippen LogP contribution in [0.4, 0.5) is 5.69 Å². The van der Waals surface area contributed by atoms with Gasteiger partial charge in [-0.05, 0) is 40.2 Å². The fourth-order valence-electron chi connectivity index (χ4n) is 1.43. The van der Waals surface area contributed by atoms with E-state index in [1.54, 1.807) is 12.1 Å². The molecule has 2 aromatic heterocycles. The van der Waals surface area contributed by atoms with Crippen molar-refractivity contribution in [3.8, 4) is 0 Å². The number of hydrogen-bond donors (Lipinski definition) is 2. The molecule has 2 aromatic rings. The number of carbonyl (C=O) groups is 2. The van der Waals surface area contributed by atoms with E-state index in [2.05, 4.69) is 26.2 Å². The van der Waals surface area contributed by atoms with Crippen molar-refractivity contribution in [1.29, 1.82) is 0 Å². The summed E-state index contributed by atoms with van der Waals surface area (Å²) in [6, 6.07) is 4.69. The summed E-state index contributed by atoms with van der Waals surface area (Å²) in [5, 5.41) is 11.4. The van der Waals surface area contributed by atoms with Crippen LogP contribution in [0.5, 0.6) is 0 Å². The number of nitrogens with zero attached hydrogens (tertiary/aromatic N) is 1. The van der Waals surface area contributed by atoms with Crippen molar-refractivity contribution in [3.63, 3.8) is 0 Å². The Bertz CT molecular complexity index is 679. The number of carboxylic acid groups (broad SMARTS) is 1. The number of amides is 1. The van der Waals surface area contributed by atoms with Crippen LogP contribution in [0.1, 0.15) is 16.1 Å². The highest BCUT2D eigenvalue weighted by Gasteiger charge is 2.10. The second-order valence-corrected chi connectivity index (χ2v) is 4.47. The van der Waals surface area contributed by atoms with Crippen LogP contribution in [-0.4, -0.2) is 22.0 Å². The monoisotopic (exact) mass is 336 g/mol. The summed E-state index contributed by atoms with van der Waals surface area (Å²) < 4.78 is 5.74. The Balaban J connectivity index is 2.09. The lowest BCUT2D eigenvalue weighted by Gasteiger charge is -2.04. The Morgan fingerprint density at radius 2 is 2.15 bits per heavy atom. The summed E-state index contributed by atoms with van der Waals surface area (Å²) in [6.45, 7) is 0. The number of anilines is 1. The van der Waals surface area contributed by atoms with Crippen LogP contribution in [0.2, 0.25) is 0 Å².